The smallest absolute Gasteiger partial charge is 0.480 e. The molecule has 2 aromatic heterocycles. The number of carboxylic acid groups (broad SMARTS) is 1. The zero-order chi connectivity index (χ0) is 25.7. The lowest BCUT2D eigenvalue weighted by atomic mass is 9.85. The van der Waals surface area contributed by atoms with E-state index in [2.05, 4.69) is 19.7 Å². The first kappa shape index (κ1) is 24.6. The summed E-state index contributed by atoms with van der Waals surface area (Å²) >= 11 is 1.30. The first-order valence-corrected chi connectivity index (χ1v) is 13.3. The van der Waals surface area contributed by atoms with Gasteiger partial charge in [-0.05, 0) is 37.1 Å². The lowest BCUT2D eigenvalue weighted by Crippen LogP contribution is -2.58. The molecule has 2 fully saturated rings. The van der Waals surface area contributed by atoms with E-state index in [9.17, 15) is 31.5 Å². The highest BCUT2D eigenvalue weighted by molar-refractivity contribution is 7.89. The van der Waals surface area contributed by atoms with Crippen LogP contribution in [0, 0.1) is 0 Å². The molecule has 0 unspecified atom stereocenters. The van der Waals surface area contributed by atoms with Gasteiger partial charge in [-0.2, -0.15) is 9.29 Å². The number of aliphatic carboxylic acids is 1. The van der Waals surface area contributed by atoms with Crippen molar-refractivity contribution in [3.05, 3.63) is 36.3 Å². The molecule has 1 aromatic carbocycles. The summed E-state index contributed by atoms with van der Waals surface area (Å²) < 4.78 is 68.9. The molecule has 5 rings (SSSR count). The Bertz CT molecular complexity index is 1390. The third kappa shape index (κ3) is 4.82. The zero-order valence-electron chi connectivity index (χ0n) is 18.6. The average molecular weight is 544 g/mol. The molecule has 0 spiro atoms. The van der Waals surface area contributed by atoms with Crippen molar-refractivity contribution in [1.82, 2.24) is 19.3 Å². The molecule has 192 valence electrons. The third-order valence-electron chi connectivity index (χ3n) is 6.18. The molecule has 1 aliphatic carbocycles. The lowest BCUT2D eigenvalue weighted by Gasteiger charge is -2.38. The van der Waals surface area contributed by atoms with Gasteiger partial charge < -0.3 is 14.7 Å². The molecule has 15 heteroatoms. The van der Waals surface area contributed by atoms with Crippen molar-refractivity contribution in [2.45, 2.75) is 42.5 Å². The van der Waals surface area contributed by atoms with Gasteiger partial charge in [0.15, 0.2) is 10.8 Å². The van der Waals surface area contributed by atoms with E-state index in [1.807, 2.05) is 0 Å². The van der Waals surface area contributed by atoms with Crippen LogP contribution >= 0.6 is 11.3 Å². The molecule has 0 bridgehead atoms. The predicted molar refractivity (Wildman–Crippen MR) is 122 cm³/mol. The normalized spacial score (nSPS) is 19.9. The molecule has 1 N–H and O–H groups in total. The SMILES string of the molecule is O=C(O)[C@H]1CN(c2nc3nc(C4CCC4)ncc3s2)CCN1S(=O)(=O)c1ccc(OC(F)(F)F)cc1. The minimum absolute atomic E-state index is 0.158. The van der Waals surface area contributed by atoms with Crippen LogP contribution in [0.25, 0.3) is 10.3 Å². The first-order valence-electron chi connectivity index (χ1n) is 11.0. The summed E-state index contributed by atoms with van der Waals surface area (Å²) in [6, 6.07) is 2.21. The number of ether oxygens (including phenoxy) is 1. The molecule has 1 saturated heterocycles. The fourth-order valence-corrected chi connectivity index (χ4v) is 6.59. The van der Waals surface area contributed by atoms with Crippen molar-refractivity contribution in [2.75, 3.05) is 24.5 Å². The van der Waals surface area contributed by atoms with Crippen molar-refractivity contribution < 1.29 is 36.2 Å². The zero-order valence-corrected chi connectivity index (χ0v) is 20.2. The fraction of sp³-hybridized carbons (Fsp3) is 0.429. The van der Waals surface area contributed by atoms with E-state index < -0.39 is 34.1 Å². The molecule has 1 saturated carbocycles. The second-order valence-corrected chi connectivity index (χ2v) is 11.4. The molecule has 2 aliphatic rings. The number of piperazine rings is 1. The number of hydrogen-bond acceptors (Lipinski definition) is 9. The summed E-state index contributed by atoms with van der Waals surface area (Å²) in [7, 11) is -4.31. The Labute approximate surface area is 207 Å². The van der Waals surface area contributed by atoms with Gasteiger partial charge in [0, 0.05) is 25.6 Å². The maximum Gasteiger partial charge on any atom is 0.573 e. The Balaban J connectivity index is 1.35. The number of benzene rings is 1. The molecule has 3 heterocycles. The number of nitrogens with zero attached hydrogens (tertiary/aromatic N) is 5. The minimum atomic E-state index is -4.92. The van der Waals surface area contributed by atoms with Crippen LogP contribution in [0.1, 0.15) is 31.0 Å². The van der Waals surface area contributed by atoms with Gasteiger partial charge in [-0.3, -0.25) is 4.79 Å². The number of sulfonamides is 1. The highest BCUT2D eigenvalue weighted by Gasteiger charge is 2.41. The van der Waals surface area contributed by atoms with Crippen molar-refractivity contribution in [2.24, 2.45) is 0 Å². The van der Waals surface area contributed by atoms with Gasteiger partial charge in [0.25, 0.3) is 0 Å². The number of fused-ring (bicyclic) bond motifs is 1. The summed E-state index contributed by atoms with van der Waals surface area (Å²) in [6.07, 6.45) is 0.00699. The maximum atomic E-state index is 13.2. The maximum absolute atomic E-state index is 13.2. The van der Waals surface area contributed by atoms with Gasteiger partial charge >= 0.3 is 12.3 Å². The van der Waals surface area contributed by atoms with Crippen LogP contribution in [0.4, 0.5) is 18.3 Å². The lowest BCUT2D eigenvalue weighted by molar-refractivity contribution is -0.274. The van der Waals surface area contributed by atoms with Gasteiger partial charge in [-0.25, -0.2) is 18.4 Å². The predicted octanol–water partition coefficient (Wildman–Crippen LogP) is 3.22. The fourth-order valence-electron chi connectivity index (χ4n) is 4.11. The van der Waals surface area contributed by atoms with E-state index in [1.165, 1.54) is 11.3 Å². The minimum Gasteiger partial charge on any atom is -0.480 e. The molecular formula is C21H20F3N5O5S2. The number of halogens is 3. The van der Waals surface area contributed by atoms with Crippen LogP contribution in [0.3, 0.4) is 0 Å². The van der Waals surface area contributed by atoms with E-state index in [-0.39, 0.29) is 24.5 Å². The first-order chi connectivity index (χ1) is 17.0. The number of carboxylic acids is 1. The quantitative estimate of drug-likeness (QED) is 0.499. The molecular weight excluding hydrogens is 523 g/mol. The standard InChI is InChI=1S/C21H20F3N5O5S2/c22-21(23,24)34-13-4-6-14(7-5-13)36(32,33)29-9-8-28(11-15(29)19(30)31)20-27-18-16(35-20)10-25-17(26-18)12-2-1-3-12/h4-7,10,12,15H,1-3,8-9,11H2,(H,30,31)/t15-/m1/s1. The Hall–Kier alpha value is -3.04. The van der Waals surface area contributed by atoms with E-state index in [4.69, 9.17) is 0 Å². The molecule has 3 aromatic rings. The van der Waals surface area contributed by atoms with Crippen LogP contribution in [0.5, 0.6) is 5.75 Å². The van der Waals surface area contributed by atoms with Crippen molar-refractivity contribution in [3.63, 3.8) is 0 Å². The molecule has 10 nitrogen and oxygen atoms in total. The highest BCUT2D eigenvalue weighted by atomic mass is 32.2. The van der Waals surface area contributed by atoms with Gasteiger partial charge in [0.05, 0.1) is 15.8 Å². The van der Waals surface area contributed by atoms with Gasteiger partial charge in [0.2, 0.25) is 10.0 Å². The molecule has 1 atom stereocenters. The average Bonchev–Trinajstić information content (AvgIpc) is 3.20. The number of rotatable bonds is 6. The number of carbonyl (C=O) groups is 1. The topological polar surface area (TPSA) is 126 Å². The summed E-state index contributed by atoms with van der Waals surface area (Å²) in [4.78, 5) is 26.9. The Kier molecular flexibility index (Phi) is 6.24. The Morgan fingerprint density at radius 1 is 1.14 bits per heavy atom. The second kappa shape index (κ2) is 9.12. The molecule has 1 aliphatic heterocycles. The summed E-state index contributed by atoms with van der Waals surface area (Å²) in [6.45, 7) is -0.150. The van der Waals surface area contributed by atoms with Crippen LogP contribution in [-0.2, 0) is 14.8 Å². The second-order valence-electron chi connectivity index (χ2n) is 8.48. The van der Waals surface area contributed by atoms with E-state index >= 15 is 0 Å². The Morgan fingerprint density at radius 2 is 1.86 bits per heavy atom. The summed E-state index contributed by atoms with van der Waals surface area (Å²) in [5.74, 6) is -0.857. The number of thiazole rings is 1. The van der Waals surface area contributed by atoms with Crippen LogP contribution < -0.4 is 9.64 Å². The summed E-state index contributed by atoms with van der Waals surface area (Å²) in [5.41, 5.74) is 0.523. The number of hydrogen-bond donors (Lipinski definition) is 1. The van der Waals surface area contributed by atoms with Crippen LogP contribution in [0.15, 0.2) is 35.4 Å². The molecule has 0 amide bonds. The van der Waals surface area contributed by atoms with E-state index in [0.29, 0.717) is 16.7 Å². The molecule has 36 heavy (non-hydrogen) atoms. The van der Waals surface area contributed by atoms with Crippen molar-refractivity contribution in [1.29, 1.82) is 0 Å². The van der Waals surface area contributed by atoms with Crippen molar-refractivity contribution in [3.8, 4) is 5.75 Å². The molecule has 0 radical (unpaired) electrons. The van der Waals surface area contributed by atoms with Gasteiger partial charge in [-0.15, -0.1) is 13.2 Å². The van der Waals surface area contributed by atoms with Gasteiger partial charge in [-0.1, -0.05) is 17.8 Å². The number of anilines is 1. The van der Waals surface area contributed by atoms with Gasteiger partial charge in [0.1, 0.15) is 17.6 Å². The van der Waals surface area contributed by atoms with Crippen molar-refractivity contribution >= 4 is 42.8 Å². The van der Waals surface area contributed by atoms with Crippen LogP contribution in [0.2, 0.25) is 0 Å². The number of alkyl halides is 3. The summed E-state index contributed by atoms with van der Waals surface area (Å²) in [5, 5.41) is 10.3. The highest BCUT2D eigenvalue weighted by Crippen LogP contribution is 2.36. The monoisotopic (exact) mass is 543 g/mol. The largest absolute Gasteiger partial charge is 0.573 e. The van der Waals surface area contributed by atoms with E-state index in [0.717, 1.165) is 58.4 Å². The third-order valence-corrected chi connectivity index (χ3v) is 9.14. The van der Waals surface area contributed by atoms with E-state index in [1.54, 1.807) is 11.1 Å². The Morgan fingerprint density at radius 3 is 2.47 bits per heavy atom. The van der Waals surface area contributed by atoms with Crippen LogP contribution in [-0.4, -0.2) is 70.8 Å². The number of aromatic nitrogens is 3.